The van der Waals surface area contributed by atoms with Gasteiger partial charge >= 0.3 is 0 Å². The number of benzene rings is 3. The molecule has 0 fully saturated rings. The van der Waals surface area contributed by atoms with Crippen LogP contribution < -0.4 is 14.8 Å². The second kappa shape index (κ2) is 7.42. The summed E-state index contributed by atoms with van der Waals surface area (Å²) >= 11 is 0. The van der Waals surface area contributed by atoms with E-state index in [2.05, 4.69) is 10.0 Å². The van der Waals surface area contributed by atoms with Gasteiger partial charge in [-0.1, -0.05) is 42.5 Å². The molecule has 0 aliphatic carbocycles. The first-order valence-corrected chi connectivity index (χ1v) is 10.2. The molecule has 138 valence electrons. The Balaban J connectivity index is 1.79. The summed E-state index contributed by atoms with van der Waals surface area (Å²) in [5.41, 5.74) is 3.30. The predicted octanol–water partition coefficient (Wildman–Crippen LogP) is 3.64. The van der Waals surface area contributed by atoms with Gasteiger partial charge in [0.2, 0.25) is 0 Å². The van der Waals surface area contributed by atoms with Crippen LogP contribution in [0, 0.1) is 0 Å². The Morgan fingerprint density at radius 3 is 2.56 bits per heavy atom. The average Bonchev–Trinajstić information content (AvgIpc) is 2.68. The van der Waals surface area contributed by atoms with Crippen LogP contribution in [0.25, 0.3) is 11.1 Å². The fraction of sp³-hybridized carbons (Fsp3) is 0.143. The van der Waals surface area contributed by atoms with Crippen molar-refractivity contribution in [2.24, 2.45) is 0 Å². The SMILES string of the molecule is O=S1(=O)Nc2cc(cc(-c3ccccc3)c2)OCNCCc2cccc1c2. The summed E-state index contributed by atoms with van der Waals surface area (Å²) in [4.78, 5) is 0.256. The molecule has 1 aliphatic rings. The largest absolute Gasteiger partial charge is 0.478 e. The van der Waals surface area contributed by atoms with Gasteiger partial charge in [-0.05, 0) is 47.4 Å². The highest BCUT2D eigenvalue weighted by atomic mass is 32.2. The minimum atomic E-state index is -3.68. The van der Waals surface area contributed by atoms with E-state index in [0.717, 1.165) is 23.1 Å². The quantitative estimate of drug-likeness (QED) is 0.676. The van der Waals surface area contributed by atoms with Crippen molar-refractivity contribution in [3.05, 3.63) is 78.4 Å². The molecular formula is C21H20N2O3S. The highest BCUT2D eigenvalue weighted by Crippen LogP contribution is 2.30. The van der Waals surface area contributed by atoms with E-state index in [9.17, 15) is 8.42 Å². The lowest BCUT2D eigenvalue weighted by Gasteiger charge is -2.13. The van der Waals surface area contributed by atoms with Crippen molar-refractivity contribution in [1.29, 1.82) is 0 Å². The molecule has 1 heterocycles. The van der Waals surface area contributed by atoms with E-state index in [1.54, 1.807) is 24.3 Å². The summed E-state index contributed by atoms with van der Waals surface area (Å²) in [6.07, 6.45) is 0.722. The molecule has 0 amide bonds. The maximum Gasteiger partial charge on any atom is 0.261 e. The number of rotatable bonds is 1. The molecule has 4 bridgehead atoms. The Morgan fingerprint density at radius 2 is 1.70 bits per heavy atom. The Hall–Kier alpha value is -2.83. The van der Waals surface area contributed by atoms with Gasteiger partial charge in [0.15, 0.2) is 0 Å². The van der Waals surface area contributed by atoms with E-state index in [0.29, 0.717) is 24.7 Å². The van der Waals surface area contributed by atoms with Crippen LogP contribution in [0.3, 0.4) is 0 Å². The predicted molar refractivity (Wildman–Crippen MR) is 106 cm³/mol. The van der Waals surface area contributed by atoms with Gasteiger partial charge < -0.3 is 4.74 Å². The molecule has 0 saturated heterocycles. The maximum absolute atomic E-state index is 12.9. The Morgan fingerprint density at radius 1 is 0.852 bits per heavy atom. The zero-order valence-electron chi connectivity index (χ0n) is 14.7. The number of nitrogens with one attached hydrogen (secondary N) is 2. The van der Waals surface area contributed by atoms with E-state index in [1.165, 1.54) is 0 Å². The standard InChI is InChI=1S/C21H20N2O3S/c24-27(25)21-8-4-5-16(11-21)9-10-22-15-26-20-13-18(12-19(14-20)23-27)17-6-2-1-3-7-17/h1-8,11-14,22-23H,9-10,15H2. The second-order valence-electron chi connectivity index (χ2n) is 6.40. The number of fused-ring (bicyclic) bond motifs is 4. The number of sulfonamides is 1. The van der Waals surface area contributed by atoms with E-state index in [4.69, 9.17) is 4.74 Å². The van der Waals surface area contributed by atoms with Crippen LogP contribution >= 0.6 is 0 Å². The van der Waals surface area contributed by atoms with Gasteiger partial charge in [0.1, 0.15) is 12.5 Å². The molecule has 6 heteroatoms. The molecule has 3 aromatic rings. The fourth-order valence-electron chi connectivity index (χ4n) is 3.06. The van der Waals surface area contributed by atoms with Crippen LogP contribution in [0.1, 0.15) is 5.56 Å². The summed E-state index contributed by atoms with van der Waals surface area (Å²) in [5.74, 6) is 0.604. The Labute approximate surface area is 159 Å². The normalized spacial score (nSPS) is 16.0. The molecular weight excluding hydrogens is 360 g/mol. The fourth-order valence-corrected chi connectivity index (χ4v) is 4.17. The van der Waals surface area contributed by atoms with Gasteiger partial charge in [-0.25, -0.2) is 8.42 Å². The van der Waals surface area contributed by atoms with E-state index in [-0.39, 0.29) is 4.90 Å². The molecule has 0 radical (unpaired) electrons. The van der Waals surface area contributed by atoms with Crippen LogP contribution in [0.15, 0.2) is 77.7 Å². The van der Waals surface area contributed by atoms with Gasteiger partial charge in [0.25, 0.3) is 10.0 Å². The minimum Gasteiger partial charge on any atom is -0.478 e. The summed E-state index contributed by atoms with van der Waals surface area (Å²) in [6.45, 7) is 1.05. The number of hydrogen-bond acceptors (Lipinski definition) is 4. The average molecular weight is 380 g/mol. The molecule has 27 heavy (non-hydrogen) atoms. The molecule has 2 N–H and O–H groups in total. The van der Waals surface area contributed by atoms with Crippen LogP contribution in [0.2, 0.25) is 0 Å². The first-order valence-electron chi connectivity index (χ1n) is 8.76. The molecule has 0 unspecified atom stereocenters. The lowest BCUT2D eigenvalue weighted by Crippen LogP contribution is -2.22. The number of hydrogen-bond donors (Lipinski definition) is 2. The lowest BCUT2D eigenvalue weighted by molar-refractivity contribution is 0.285. The van der Waals surface area contributed by atoms with Crippen molar-refractivity contribution in [3.8, 4) is 16.9 Å². The molecule has 0 spiro atoms. The minimum absolute atomic E-state index is 0.256. The maximum atomic E-state index is 12.9. The summed E-state index contributed by atoms with van der Waals surface area (Å²) in [6, 6.07) is 22.2. The van der Waals surface area contributed by atoms with Crippen LogP contribution in [0.4, 0.5) is 5.69 Å². The zero-order chi connectivity index (χ0) is 18.7. The van der Waals surface area contributed by atoms with Gasteiger partial charge in [0.05, 0.1) is 10.6 Å². The van der Waals surface area contributed by atoms with Crippen LogP contribution in [-0.2, 0) is 16.4 Å². The van der Waals surface area contributed by atoms with E-state index in [1.807, 2.05) is 48.5 Å². The van der Waals surface area contributed by atoms with E-state index < -0.39 is 10.0 Å². The summed E-state index contributed by atoms with van der Waals surface area (Å²) in [5, 5.41) is 3.23. The number of ether oxygens (including phenoxy) is 1. The third kappa shape index (κ3) is 4.13. The van der Waals surface area contributed by atoms with Crippen molar-refractivity contribution in [3.63, 3.8) is 0 Å². The van der Waals surface area contributed by atoms with Crippen molar-refractivity contribution in [2.45, 2.75) is 11.3 Å². The van der Waals surface area contributed by atoms with Gasteiger partial charge in [-0.2, -0.15) is 0 Å². The van der Waals surface area contributed by atoms with Crippen LogP contribution in [0.5, 0.6) is 5.75 Å². The topological polar surface area (TPSA) is 67.4 Å². The molecule has 5 nitrogen and oxygen atoms in total. The molecule has 0 saturated carbocycles. The summed E-state index contributed by atoms with van der Waals surface area (Å²) in [7, 11) is -3.68. The number of anilines is 1. The summed E-state index contributed by atoms with van der Waals surface area (Å²) < 4.78 is 34.2. The Kier molecular flexibility index (Phi) is 4.83. The van der Waals surface area contributed by atoms with Crippen LogP contribution in [-0.4, -0.2) is 21.7 Å². The van der Waals surface area contributed by atoms with Crippen molar-refractivity contribution in [2.75, 3.05) is 18.0 Å². The van der Waals surface area contributed by atoms with Crippen molar-refractivity contribution < 1.29 is 13.2 Å². The highest BCUT2D eigenvalue weighted by Gasteiger charge is 2.16. The second-order valence-corrected chi connectivity index (χ2v) is 8.09. The first kappa shape index (κ1) is 17.6. The van der Waals surface area contributed by atoms with Crippen molar-refractivity contribution >= 4 is 15.7 Å². The van der Waals surface area contributed by atoms with Crippen molar-refractivity contribution in [1.82, 2.24) is 5.32 Å². The third-order valence-electron chi connectivity index (χ3n) is 4.41. The van der Waals surface area contributed by atoms with Gasteiger partial charge in [-0.15, -0.1) is 0 Å². The molecule has 0 atom stereocenters. The van der Waals surface area contributed by atoms with E-state index >= 15 is 0 Å². The highest BCUT2D eigenvalue weighted by molar-refractivity contribution is 7.92. The molecule has 3 aromatic carbocycles. The van der Waals surface area contributed by atoms with Gasteiger partial charge in [-0.3, -0.25) is 10.0 Å². The zero-order valence-corrected chi connectivity index (χ0v) is 15.5. The first-order chi connectivity index (χ1) is 13.1. The smallest absolute Gasteiger partial charge is 0.261 e. The molecule has 1 aliphatic heterocycles. The monoisotopic (exact) mass is 380 g/mol. The van der Waals surface area contributed by atoms with Gasteiger partial charge in [0, 0.05) is 12.6 Å². The molecule has 4 rings (SSSR count). The molecule has 0 aromatic heterocycles. The lowest BCUT2D eigenvalue weighted by atomic mass is 10.0. The third-order valence-corrected chi connectivity index (χ3v) is 5.78. The Bertz CT molecular complexity index is 1050.